The summed E-state index contributed by atoms with van der Waals surface area (Å²) >= 11 is 0. The predicted molar refractivity (Wildman–Crippen MR) is 105 cm³/mol. The van der Waals surface area contributed by atoms with E-state index in [9.17, 15) is 14.6 Å². The molecule has 0 spiro atoms. The number of carbonyl (C=O) groups excluding carboxylic acids is 2. The predicted octanol–water partition coefficient (Wildman–Crippen LogP) is 1.58. The van der Waals surface area contributed by atoms with Crippen LogP contribution in [-0.4, -0.2) is 40.9 Å². The van der Waals surface area contributed by atoms with E-state index in [0.29, 0.717) is 22.4 Å². The third kappa shape index (κ3) is 3.22. The van der Waals surface area contributed by atoms with E-state index in [-0.39, 0.29) is 12.3 Å². The maximum atomic E-state index is 12.5. The van der Waals surface area contributed by atoms with E-state index in [1.54, 1.807) is 30.6 Å². The van der Waals surface area contributed by atoms with Crippen LogP contribution in [0.5, 0.6) is 0 Å². The van der Waals surface area contributed by atoms with Crippen LogP contribution >= 0.6 is 0 Å². The highest BCUT2D eigenvalue weighted by atomic mass is 16.2. The highest BCUT2D eigenvalue weighted by Gasteiger charge is 2.34. The number of pyridine rings is 1. The lowest BCUT2D eigenvalue weighted by Crippen LogP contribution is -2.56. The molecule has 3 aromatic rings. The Labute approximate surface area is 156 Å². The normalized spacial score (nSPS) is 13.3. The third-order valence-electron chi connectivity index (χ3n) is 4.66. The van der Waals surface area contributed by atoms with Gasteiger partial charge < -0.3 is 20.5 Å². The number of amides is 3. The van der Waals surface area contributed by atoms with E-state index in [1.807, 2.05) is 24.3 Å². The van der Waals surface area contributed by atoms with Crippen molar-refractivity contribution >= 4 is 46.6 Å². The summed E-state index contributed by atoms with van der Waals surface area (Å²) in [5.41, 5.74) is 2.40. The zero-order chi connectivity index (χ0) is 19.0. The number of nitrogens with one attached hydrogen (secondary N) is 2. The SMILES string of the molecule is CN1B(O)c2cccc(CC(=O)Nc3ccc4cnccc4c3)c2NC1=O. The molecule has 2 heterocycles. The van der Waals surface area contributed by atoms with Crippen LogP contribution in [0.3, 0.4) is 0 Å². The maximum absolute atomic E-state index is 12.5. The second-order valence-electron chi connectivity index (χ2n) is 6.46. The lowest BCUT2D eigenvalue weighted by molar-refractivity contribution is -0.115. The molecule has 0 atom stereocenters. The molecule has 3 N–H and O–H groups in total. The molecule has 2 aromatic carbocycles. The number of rotatable bonds is 3. The Balaban J connectivity index is 1.55. The van der Waals surface area contributed by atoms with Gasteiger partial charge in [-0.1, -0.05) is 24.3 Å². The number of urea groups is 1. The Bertz CT molecular complexity index is 1060. The Morgan fingerprint density at radius 2 is 2.11 bits per heavy atom. The molecule has 1 aliphatic rings. The summed E-state index contributed by atoms with van der Waals surface area (Å²) in [6.45, 7) is 0. The van der Waals surface area contributed by atoms with E-state index in [1.165, 1.54) is 11.9 Å². The Morgan fingerprint density at radius 3 is 2.96 bits per heavy atom. The molecule has 0 saturated carbocycles. The Kier molecular flexibility index (Phi) is 4.25. The van der Waals surface area contributed by atoms with Crippen molar-refractivity contribution in [2.24, 2.45) is 0 Å². The fourth-order valence-corrected chi connectivity index (χ4v) is 3.19. The van der Waals surface area contributed by atoms with Gasteiger partial charge in [-0.15, -0.1) is 0 Å². The quantitative estimate of drug-likeness (QED) is 0.618. The van der Waals surface area contributed by atoms with E-state index in [4.69, 9.17) is 0 Å². The van der Waals surface area contributed by atoms with Crippen molar-refractivity contribution in [2.75, 3.05) is 17.7 Å². The summed E-state index contributed by atoms with van der Waals surface area (Å²) < 4.78 is 0. The van der Waals surface area contributed by atoms with E-state index in [2.05, 4.69) is 15.6 Å². The number of hydrogen-bond acceptors (Lipinski definition) is 4. The number of aromatic nitrogens is 1. The van der Waals surface area contributed by atoms with Gasteiger partial charge >= 0.3 is 13.1 Å². The standard InChI is InChI=1S/C19H17BN4O3/c1-24-19(26)23-18-13(3-2-4-16(18)20(24)27)10-17(25)22-15-6-5-14-11-21-8-7-12(14)9-15/h2-9,11,27H,10H2,1H3,(H,22,25)(H,23,26). The number of anilines is 2. The number of carbonyl (C=O) groups is 2. The summed E-state index contributed by atoms with van der Waals surface area (Å²) in [5, 5.41) is 17.9. The van der Waals surface area contributed by atoms with Crippen LogP contribution in [0.4, 0.5) is 16.2 Å². The minimum absolute atomic E-state index is 0.0776. The molecule has 7 nitrogen and oxygen atoms in total. The molecule has 0 radical (unpaired) electrons. The molecule has 1 aromatic heterocycles. The first-order valence-corrected chi connectivity index (χ1v) is 8.50. The molecular formula is C19H17BN4O3. The average Bonchev–Trinajstić information content (AvgIpc) is 2.67. The number of benzene rings is 2. The summed E-state index contributed by atoms with van der Waals surface area (Å²) in [5.74, 6) is -0.209. The van der Waals surface area contributed by atoms with Gasteiger partial charge in [-0.3, -0.25) is 9.78 Å². The first-order valence-electron chi connectivity index (χ1n) is 8.50. The fraction of sp³-hybridized carbons (Fsp3) is 0.105. The highest BCUT2D eigenvalue weighted by molar-refractivity contribution is 6.69. The summed E-state index contributed by atoms with van der Waals surface area (Å²) in [6, 6.07) is 12.3. The molecule has 0 saturated heterocycles. The second kappa shape index (κ2) is 6.73. The second-order valence-corrected chi connectivity index (χ2v) is 6.46. The summed E-state index contributed by atoms with van der Waals surface area (Å²) in [7, 11) is 0.475. The van der Waals surface area contributed by atoms with Crippen molar-refractivity contribution < 1.29 is 14.6 Å². The minimum Gasteiger partial charge on any atom is -0.428 e. The zero-order valence-electron chi connectivity index (χ0n) is 14.6. The van der Waals surface area contributed by atoms with Crippen LogP contribution in [0.25, 0.3) is 10.8 Å². The van der Waals surface area contributed by atoms with E-state index < -0.39 is 13.1 Å². The molecule has 27 heavy (non-hydrogen) atoms. The molecule has 3 amide bonds. The fourth-order valence-electron chi connectivity index (χ4n) is 3.19. The van der Waals surface area contributed by atoms with Crippen molar-refractivity contribution in [3.8, 4) is 0 Å². The van der Waals surface area contributed by atoms with Crippen LogP contribution in [0.2, 0.25) is 0 Å². The van der Waals surface area contributed by atoms with Gasteiger partial charge in [0.05, 0.1) is 6.42 Å². The van der Waals surface area contributed by atoms with Crippen molar-refractivity contribution in [3.05, 3.63) is 60.4 Å². The van der Waals surface area contributed by atoms with Crippen LogP contribution in [0.15, 0.2) is 54.9 Å². The van der Waals surface area contributed by atoms with Gasteiger partial charge in [0.25, 0.3) is 0 Å². The molecule has 4 rings (SSSR count). The molecule has 1 aliphatic heterocycles. The molecule has 0 fully saturated rings. The largest absolute Gasteiger partial charge is 0.454 e. The molecule has 0 aliphatic carbocycles. The van der Waals surface area contributed by atoms with Gasteiger partial charge in [0, 0.05) is 36.2 Å². The van der Waals surface area contributed by atoms with Gasteiger partial charge in [-0.05, 0) is 34.6 Å². The van der Waals surface area contributed by atoms with Crippen molar-refractivity contribution in [1.82, 2.24) is 9.79 Å². The molecule has 8 heteroatoms. The first-order chi connectivity index (χ1) is 13.0. The zero-order valence-corrected chi connectivity index (χ0v) is 14.6. The lowest BCUT2D eigenvalue weighted by Gasteiger charge is -2.29. The van der Waals surface area contributed by atoms with Crippen molar-refractivity contribution in [2.45, 2.75) is 6.42 Å². The monoisotopic (exact) mass is 360 g/mol. The van der Waals surface area contributed by atoms with Gasteiger partial charge in [0.2, 0.25) is 5.91 Å². The van der Waals surface area contributed by atoms with Gasteiger partial charge in [-0.2, -0.15) is 0 Å². The Morgan fingerprint density at radius 1 is 1.26 bits per heavy atom. The highest BCUT2D eigenvalue weighted by Crippen LogP contribution is 2.21. The number of nitrogens with zero attached hydrogens (tertiary/aromatic N) is 2. The average molecular weight is 360 g/mol. The van der Waals surface area contributed by atoms with Crippen LogP contribution in [0.1, 0.15) is 5.56 Å². The third-order valence-corrected chi connectivity index (χ3v) is 4.66. The van der Waals surface area contributed by atoms with E-state index >= 15 is 0 Å². The van der Waals surface area contributed by atoms with Crippen LogP contribution in [-0.2, 0) is 11.2 Å². The van der Waals surface area contributed by atoms with Crippen molar-refractivity contribution in [3.63, 3.8) is 0 Å². The minimum atomic E-state index is -1.04. The van der Waals surface area contributed by atoms with Gasteiger partial charge in [0.15, 0.2) is 0 Å². The maximum Gasteiger partial charge on any atom is 0.454 e. The molecular weight excluding hydrogens is 343 g/mol. The number of para-hydroxylation sites is 1. The molecule has 0 unspecified atom stereocenters. The molecule has 134 valence electrons. The first kappa shape index (κ1) is 17.1. The summed E-state index contributed by atoms with van der Waals surface area (Å²) in [4.78, 5) is 29.8. The van der Waals surface area contributed by atoms with Gasteiger partial charge in [0.1, 0.15) is 0 Å². The van der Waals surface area contributed by atoms with Crippen LogP contribution < -0.4 is 16.1 Å². The number of hydrogen-bond donors (Lipinski definition) is 3. The topological polar surface area (TPSA) is 94.6 Å². The van der Waals surface area contributed by atoms with Gasteiger partial charge in [-0.25, -0.2) is 4.79 Å². The van der Waals surface area contributed by atoms with Crippen molar-refractivity contribution in [1.29, 1.82) is 0 Å². The Hall–Kier alpha value is -3.39. The summed E-state index contributed by atoms with van der Waals surface area (Å²) in [6.07, 6.45) is 3.55. The van der Waals surface area contributed by atoms with E-state index in [0.717, 1.165) is 10.8 Å². The van der Waals surface area contributed by atoms with Crippen LogP contribution in [0, 0.1) is 0 Å². The molecule has 0 bridgehead atoms. The number of fused-ring (bicyclic) bond motifs is 2. The lowest BCUT2D eigenvalue weighted by atomic mass is 9.69. The smallest absolute Gasteiger partial charge is 0.428 e.